The first-order valence-corrected chi connectivity index (χ1v) is 9.60. The van der Waals surface area contributed by atoms with Gasteiger partial charge in [-0.3, -0.25) is 14.6 Å². The summed E-state index contributed by atoms with van der Waals surface area (Å²) in [7, 11) is 0. The second-order valence-corrected chi connectivity index (χ2v) is 7.22. The molecule has 0 radical (unpaired) electrons. The summed E-state index contributed by atoms with van der Waals surface area (Å²) in [6.45, 7) is 3.59. The number of pyridine rings is 1. The topological polar surface area (TPSA) is 88.8 Å². The number of rotatable bonds is 3. The van der Waals surface area contributed by atoms with E-state index in [9.17, 15) is 9.59 Å². The maximum Gasteiger partial charge on any atom is 0.254 e. The van der Waals surface area contributed by atoms with Crippen molar-refractivity contribution in [2.24, 2.45) is 5.73 Å². The van der Waals surface area contributed by atoms with Crippen LogP contribution in [0.2, 0.25) is 0 Å². The molecule has 1 aromatic carbocycles. The Balaban J connectivity index is 1.56. The average Bonchev–Trinajstić information content (AvgIpc) is 3.20. The molecular weight excluding hydrogens is 356 g/mol. The summed E-state index contributed by atoms with van der Waals surface area (Å²) in [5.41, 5.74) is 8.61. The number of carbonyl (C=O) groups is 2. The predicted octanol–water partition coefficient (Wildman–Crippen LogP) is 1.39. The number of benzene rings is 1. The zero-order valence-corrected chi connectivity index (χ0v) is 15.7. The van der Waals surface area contributed by atoms with Crippen LogP contribution >= 0.6 is 0 Å². The SMILES string of the molecule is NC1CCN(C(=O)c2cccc(-c3cc(C(=O)N4CCOCC4)ccn3)c2)C1. The monoisotopic (exact) mass is 380 g/mol. The third kappa shape index (κ3) is 3.90. The van der Waals surface area contributed by atoms with Crippen LogP contribution in [0.25, 0.3) is 11.3 Å². The quantitative estimate of drug-likeness (QED) is 0.869. The second kappa shape index (κ2) is 8.08. The molecule has 2 aliphatic heterocycles. The standard InChI is InChI=1S/C21H24N4O3/c22-18-5-7-25(14-18)21(27)16-3-1-2-15(12-16)19-13-17(4-6-23-19)20(26)24-8-10-28-11-9-24/h1-4,6,12-13,18H,5,7-11,14,22H2. The van der Waals surface area contributed by atoms with Crippen LogP contribution in [0.3, 0.4) is 0 Å². The third-order valence-corrected chi connectivity index (χ3v) is 5.22. The minimum Gasteiger partial charge on any atom is -0.378 e. The Kier molecular flexibility index (Phi) is 5.36. The van der Waals surface area contributed by atoms with Crippen molar-refractivity contribution in [1.29, 1.82) is 0 Å². The molecule has 4 rings (SSSR count). The first-order chi connectivity index (χ1) is 13.6. The Hall–Kier alpha value is -2.77. The van der Waals surface area contributed by atoms with Crippen molar-refractivity contribution in [3.63, 3.8) is 0 Å². The van der Waals surface area contributed by atoms with Crippen molar-refractivity contribution in [1.82, 2.24) is 14.8 Å². The van der Waals surface area contributed by atoms with Gasteiger partial charge in [-0.1, -0.05) is 12.1 Å². The Morgan fingerprint density at radius 2 is 1.75 bits per heavy atom. The molecule has 1 aromatic heterocycles. The summed E-state index contributed by atoms with van der Waals surface area (Å²) < 4.78 is 5.31. The maximum atomic E-state index is 12.7. The molecule has 0 bridgehead atoms. The molecule has 2 saturated heterocycles. The van der Waals surface area contributed by atoms with E-state index in [1.807, 2.05) is 18.2 Å². The van der Waals surface area contributed by atoms with Crippen molar-refractivity contribution in [3.05, 3.63) is 53.7 Å². The van der Waals surface area contributed by atoms with Crippen LogP contribution in [0.1, 0.15) is 27.1 Å². The van der Waals surface area contributed by atoms with Gasteiger partial charge in [-0.2, -0.15) is 0 Å². The summed E-state index contributed by atoms with van der Waals surface area (Å²) in [6, 6.07) is 10.9. The average molecular weight is 380 g/mol. The number of likely N-dealkylation sites (tertiary alicyclic amines) is 1. The number of ether oxygens (including phenoxy) is 1. The lowest BCUT2D eigenvalue weighted by Gasteiger charge is -2.26. The Labute approximate surface area is 164 Å². The van der Waals surface area contributed by atoms with E-state index >= 15 is 0 Å². The van der Waals surface area contributed by atoms with E-state index in [2.05, 4.69) is 4.98 Å². The molecule has 28 heavy (non-hydrogen) atoms. The van der Waals surface area contributed by atoms with Crippen molar-refractivity contribution in [2.45, 2.75) is 12.5 Å². The zero-order chi connectivity index (χ0) is 19.5. The molecule has 1 unspecified atom stereocenters. The highest BCUT2D eigenvalue weighted by atomic mass is 16.5. The highest BCUT2D eigenvalue weighted by Gasteiger charge is 2.25. The summed E-state index contributed by atoms with van der Waals surface area (Å²) in [4.78, 5) is 33.5. The largest absolute Gasteiger partial charge is 0.378 e. The van der Waals surface area contributed by atoms with Gasteiger partial charge in [-0.25, -0.2) is 0 Å². The molecule has 7 nitrogen and oxygen atoms in total. The fourth-order valence-corrected chi connectivity index (χ4v) is 3.64. The van der Waals surface area contributed by atoms with Crippen molar-refractivity contribution >= 4 is 11.8 Å². The van der Waals surface area contributed by atoms with E-state index in [0.29, 0.717) is 56.2 Å². The van der Waals surface area contributed by atoms with Crippen LogP contribution < -0.4 is 5.73 Å². The third-order valence-electron chi connectivity index (χ3n) is 5.22. The molecule has 2 fully saturated rings. The molecule has 0 saturated carbocycles. The highest BCUT2D eigenvalue weighted by molar-refractivity contribution is 5.97. The lowest BCUT2D eigenvalue weighted by molar-refractivity contribution is 0.0303. The van der Waals surface area contributed by atoms with Crippen LogP contribution in [0, 0.1) is 0 Å². The van der Waals surface area contributed by atoms with Crippen LogP contribution in [-0.2, 0) is 4.74 Å². The first kappa shape index (κ1) is 18.6. The first-order valence-electron chi connectivity index (χ1n) is 9.60. The lowest BCUT2D eigenvalue weighted by atomic mass is 10.0. The van der Waals surface area contributed by atoms with Gasteiger partial charge in [-0.15, -0.1) is 0 Å². The second-order valence-electron chi connectivity index (χ2n) is 7.22. The van der Waals surface area contributed by atoms with Crippen LogP contribution in [-0.4, -0.2) is 72.0 Å². The summed E-state index contributed by atoms with van der Waals surface area (Å²) in [6.07, 6.45) is 2.47. The number of nitrogens with two attached hydrogens (primary N) is 1. The van der Waals surface area contributed by atoms with E-state index in [1.165, 1.54) is 0 Å². The molecule has 2 aromatic rings. The summed E-state index contributed by atoms with van der Waals surface area (Å²) >= 11 is 0. The normalized spacial score (nSPS) is 19.7. The number of hydrogen-bond acceptors (Lipinski definition) is 5. The minimum absolute atomic E-state index is 0.0182. The molecular formula is C21H24N4O3. The molecule has 2 amide bonds. The van der Waals surface area contributed by atoms with Gasteiger partial charge in [0, 0.05) is 55.1 Å². The number of amides is 2. The molecule has 0 aliphatic carbocycles. The van der Waals surface area contributed by atoms with Crippen LogP contribution in [0.4, 0.5) is 0 Å². The van der Waals surface area contributed by atoms with E-state index < -0.39 is 0 Å². The van der Waals surface area contributed by atoms with E-state index in [4.69, 9.17) is 10.5 Å². The number of hydrogen-bond donors (Lipinski definition) is 1. The Bertz CT molecular complexity index is 821. The number of aromatic nitrogens is 1. The number of morpholine rings is 1. The van der Waals surface area contributed by atoms with Crippen molar-refractivity contribution < 1.29 is 14.3 Å². The van der Waals surface area contributed by atoms with Gasteiger partial charge in [0.25, 0.3) is 11.8 Å². The van der Waals surface area contributed by atoms with E-state index in [0.717, 1.165) is 12.0 Å². The molecule has 146 valence electrons. The minimum atomic E-state index is -0.0229. The van der Waals surface area contributed by atoms with E-state index in [1.54, 1.807) is 34.2 Å². The van der Waals surface area contributed by atoms with Gasteiger partial charge in [0.15, 0.2) is 0 Å². The highest BCUT2D eigenvalue weighted by Crippen LogP contribution is 2.22. The number of carbonyl (C=O) groups excluding carboxylic acids is 2. The molecule has 7 heteroatoms. The fraction of sp³-hybridized carbons (Fsp3) is 0.381. The van der Waals surface area contributed by atoms with E-state index in [-0.39, 0.29) is 17.9 Å². The maximum absolute atomic E-state index is 12.7. The van der Waals surface area contributed by atoms with Gasteiger partial charge in [0.2, 0.25) is 0 Å². The van der Waals surface area contributed by atoms with Gasteiger partial charge < -0.3 is 20.3 Å². The predicted molar refractivity (Wildman–Crippen MR) is 105 cm³/mol. The Morgan fingerprint density at radius 3 is 2.50 bits per heavy atom. The lowest BCUT2D eigenvalue weighted by Crippen LogP contribution is -2.40. The van der Waals surface area contributed by atoms with Crippen LogP contribution in [0.5, 0.6) is 0 Å². The molecule has 3 heterocycles. The van der Waals surface area contributed by atoms with Gasteiger partial charge >= 0.3 is 0 Å². The van der Waals surface area contributed by atoms with Crippen molar-refractivity contribution in [3.8, 4) is 11.3 Å². The summed E-state index contributed by atoms with van der Waals surface area (Å²) in [5, 5.41) is 0. The number of nitrogens with zero attached hydrogens (tertiary/aromatic N) is 3. The van der Waals surface area contributed by atoms with Gasteiger partial charge in [0.1, 0.15) is 0 Å². The summed E-state index contributed by atoms with van der Waals surface area (Å²) in [5.74, 6) is -0.0411. The van der Waals surface area contributed by atoms with Crippen molar-refractivity contribution in [2.75, 3.05) is 39.4 Å². The molecule has 1 atom stereocenters. The molecule has 2 N–H and O–H groups in total. The Morgan fingerprint density at radius 1 is 1.00 bits per heavy atom. The zero-order valence-electron chi connectivity index (χ0n) is 15.7. The molecule has 2 aliphatic rings. The van der Waals surface area contributed by atoms with Crippen LogP contribution in [0.15, 0.2) is 42.6 Å². The molecule has 0 spiro atoms. The fourth-order valence-electron chi connectivity index (χ4n) is 3.64. The smallest absolute Gasteiger partial charge is 0.254 e. The van der Waals surface area contributed by atoms with Gasteiger partial charge in [-0.05, 0) is 30.7 Å². The van der Waals surface area contributed by atoms with Gasteiger partial charge in [0.05, 0.1) is 18.9 Å².